The summed E-state index contributed by atoms with van der Waals surface area (Å²) in [7, 11) is 0. The molecule has 0 fully saturated rings. The van der Waals surface area contributed by atoms with Crippen LogP contribution < -0.4 is 5.32 Å². The molecule has 0 spiro atoms. The number of hydrogen-bond donors (Lipinski definition) is 1. The number of nitrogens with one attached hydrogen (secondary N) is 1. The fourth-order valence-electron chi connectivity index (χ4n) is 2.09. The predicted molar refractivity (Wildman–Crippen MR) is 98.4 cm³/mol. The molecular formula is C18H16N2O3S2. The van der Waals surface area contributed by atoms with Crippen LogP contribution in [0.5, 0.6) is 0 Å². The van der Waals surface area contributed by atoms with Crippen LogP contribution in [0.3, 0.4) is 0 Å². The molecule has 1 aromatic carbocycles. The lowest BCUT2D eigenvalue weighted by Crippen LogP contribution is -2.31. The van der Waals surface area contributed by atoms with Gasteiger partial charge in [-0.25, -0.2) is 4.98 Å². The van der Waals surface area contributed by atoms with E-state index in [0.29, 0.717) is 5.69 Å². The van der Waals surface area contributed by atoms with Crippen molar-refractivity contribution in [1.82, 2.24) is 10.3 Å². The largest absolute Gasteiger partial charge is 0.460 e. The zero-order chi connectivity index (χ0) is 17.5. The Hall–Kier alpha value is -2.51. The van der Waals surface area contributed by atoms with E-state index in [-0.39, 0.29) is 25.5 Å². The molecule has 25 heavy (non-hydrogen) atoms. The molecule has 5 nitrogen and oxygen atoms in total. The van der Waals surface area contributed by atoms with Crippen molar-refractivity contribution in [3.05, 3.63) is 63.8 Å². The van der Waals surface area contributed by atoms with Crippen LogP contribution in [0.1, 0.15) is 11.3 Å². The Kier molecular flexibility index (Phi) is 5.92. The highest BCUT2D eigenvalue weighted by Crippen LogP contribution is 2.25. The minimum atomic E-state index is -0.463. The first-order valence-corrected chi connectivity index (χ1v) is 9.46. The minimum absolute atomic E-state index is 0.145. The van der Waals surface area contributed by atoms with E-state index in [1.807, 2.05) is 52.5 Å². The van der Waals surface area contributed by atoms with Gasteiger partial charge >= 0.3 is 5.97 Å². The molecule has 0 bridgehead atoms. The molecule has 0 atom stereocenters. The van der Waals surface area contributed by atoms with Crippen LogP contribution in [0.2, 0.25) is 0 Å². The quantitative estimate of drug-likeness (QED) is 0.646. The van der Waals surface area contributed by atoms with Gasteiger partial charge in [0.25, 0.3) is 0 Å². The molecule has 0 saturated carbocycles. The summed E-state index contributed by atoms with van der Waals surface area (Å²) in [5, 5.41) is 9.33. The van der Waals surface area contributed by atoms with Crippen LogP contribution in [-0.4, -0.2) is 23.4 Å². The molecule has 0 aliphatic rings. The third kappa shape index (κ3) is 5.23. The van der Waals surface area contributed by atoms with E-state index in [1.54, 1.807) is 11.3 Å². The van der Waals surface area contributed by atoms with Crippen LogP contribution in [0.4, 0.5) is 0 Å². The van der Waals surface area contributed by atoms with Crippen molar-refractivity contribution in [2.45, 2.75) is 13.0 Å². The number of aromatic nitrogens is 1. The normalized spacial score (nSPS) is 10.4. The van der Waals surface area contributed by atoms with Gasteiger partial charge < -0.3 is 10.1 Å². The smallest absolute Gasteiger partial charge is 0.325 e. The average molecular weight is 372 g/mol. The zero-order valence-electron chi connectivity index (χ0n) is 13.3. The molecule has 3 aromatic rings. The molecule has 0 radical (unpaired) electrons. The summed E-state index contributed by atoms with van der Waals surface area (Å²) in [4.78, 5) is 28.1. The Morgan fingerprint density at radius 2 is 1.96 bits per heavy atom. The van der Waals surface area contributed by atoms with E-state index in [0.717, 1.165) is 16.1 Å². The molecule has 0 aliphatic carbocycles. The zero-order valence-corrected chi connectivity index (χ0v) is 14.9. The third-order valence-corrected chi connectivity index (χ3v) is 4.96. The van der Waals surface area contributed by atoms with E-state index >= 15 is 0 Å². The van der Waals surface area contributed by atoms with Gasteiger partial charge in [-0.1, -0.05) is 30.3 Å². The van der Waals surface area contributed by atoms with Crippen LogP contribution >= 0.6 is 22.7 Å². The van der Waals surface area contributed by atoms with Gasteiger partial charge in [0, 0.05) is 16.3 Å². The summed E-state index contributed by atoms with van der Waals surface area (Å²) in [6.07, 6.45) is 0.145. The minimum Gasteiger partial charge on any atom is -0.460 e. The van der Waals surface area contributed by atoms with Crippen molar-refractivity contribution < 1.29 is 14.3 Å². The number of esters is 1. The molecular weight excluding hydrogens is 356 g/mol. The number of amides is 1. The van der Waals surface area contributed by atoms with Gasteiger partial charge in [0.15, 0.2) is 0 Å². The van der Waals surface area contributed by atoms with Crippen LogP contribution in [0.25, 0.3) is 10.6 Å². The Morgan fingerprint density at radius 1 is 1.12 bits per heavy atom. The van der Waals surface area contributed by atoms with E-state index in [2.05, 4.69) is 10.3 Å². The molecule has 0 saturated heterocycles. The summed E-state index contributed by atoms with van der Waals surface area (Å²) in [5.74, 6) is -0.715. The van der Waals surface area contributed by atoms with Gasteiger partial charge in [-0.2, -0.15) is 11.3 Å². The SMILES string of the molecule is O=C(Cc1csc(-c2ccsc2)n1)NCC(=O)OCc1ccccc1. The first-order chi connectivity index (χ1) is 12.2. The Labute approximate surface area is 153 Å². The van der Waals surface area contributed by atoms with Gasteiger partial charge in [-0.15, -0.1) is 11.3 Å². The van der Waals surface area contributed by atoms with Gasteiger partial charge in [0.1, 0.15) is 18.2 Å². The van der Waals surface area contributed by atoms with Crippen molar-refractivity contribution >= 4 is 34.6 Å². The second-order valence-electron chi connectivity index (χ2n) is 5.26. The Bertz CT molecular complexity index is 829. The third-order valence-electron chi connectivity index (χ3n) is 3.33. The number of benzene rings is 1. The molecule has 2 heterocycles. The molecule has 1 N–H and O–H groups in total. The molecule has 0 aliphatic heterocycles. The number of thiophene rings is 1. The number of carbonyl (C=O) groups is 2. The monoisotopic (exact) mass is 372 g/mol. The lowest BCUT2D eigenvalue weighted by molar-refractivity contribution is -0.145. The molecule has 2 aromatic heterocycles. The summed E-state index contributed by atoms with van der Waals surface area (Å²) in [5.41, 5.74) is 2.66. The number of carbonyl (C=O) groups excluding carboxylic acids is 2. The first-order valence-electron chi connectivity index (χ1n) is 7.64. The van der Waals surface area contributed by atoms with Crippen molar-refractivity contribution in [2.24, 2.45) is 0 Å². The van der Waals surface area contributed by atoms with Gasteiger partial charge in [-0.3, -0.25) is 9.59 Å². The maximum absolute atomic E-state index is 11.9. The molecule has 1 amide bonds. The summed E-state index contributed by atoms with van der Waals surface area (Å²) in [6.45, 7) is 0.0544. The first kappa shape index (κ1) is 17.3. The van der Waals surface area contributed by atoms with Crippen molar-refractivity contribution in [3.63, 3.8) is 0 Å². The van der Waals surface area contributed by atoms with Crippen molar-refractivity contribution in [2.75, 3.05) is 6.54 Å². The number of thiazole rings is 1. The van der Waals surface area contributed by atoms with Gasteiger partial charge in [-0.05, 0) is 17.0 Å². The van der Waals surface area contributed by atoms with Crippen molar-refractivity contribution in [1.29, 1.82) is 0 Å². The number of rotatable bonds is 7. The number of ether oxygens (including phenoxy) is 1. The van der Waals surface area contributed by atoms with E-state index in [1.165, 1.54) is 11.3 Å². The van der Waals surface area contributed by atoms with Gasteiger partial charge in [0.05, 0.1) is 12.1 Å². The maximum atomic E-state index is 11.9. The lowest BCUT2D eigenvalue weighted by atomic mass is 10.2. The summed E-state index contributed by atoms with van der Waals surface area (Å²) >= 11 is 3.11. The highest BCUT2D eigenvalue weighted by molar-refractivity contribution is 7.14. The van der Waals surface area contributed by atoms with Crippen LogP contribution in [-0.2, 0) is 27.4 Å². The average Bonchev–Trinajstić information content (AvgIpc) is 3.30. The van der Waals surface area contributed by atoms with Crippen molar-refractivity contribution in [3.8, 4) is 10.6 Å². The second kappa shape index (κ2) is 8.55. The topological polar surface area (TPSA) is 68.3 Å². The number of hydrogen-bond acceptors (Lipinski definition) is 6. The Balaban J connectivity index is 1.41. The lowest BCUT2D eigenvalue weighted by Gasteiger charge is -2.06. The molecule has 0 unspecified atom stereocenters. The number of nitrogens with zero attached hydrogens (tertiary/aromatic N) is 1. The summed E-state index contributed by atoms with van der Waals surface area (Å²) in [6, 6.07) is 11.4. The predicted octanol–water partition coefficient (Wildman–Crippen LogP) is 3.27. The van der Waals surface area contributed by atoms with E-state index in [9.17, 15) is 9.59 Å². The highest BCUT2D eigenvalue weighted by Gasteiger charge is 2.11. The van der Waals surface area contributed by atoms with E-state index < -0.39 is 5.97 Å². The summed E-state index contributed by atoms with van der Waals surface area (Å²) < 4.78 is 5.12. The fraction of sp³-hybridized carbons (Fsp3) is 0.167. The molecule has 3 rings (SSSR count). The van der Waals surface area contributed by atoms with Crippen LogP contribution in [0.15, 0.2) is 52.5 Å². The van der Waals surface area contributed by atoms with Crippen LogP contribution in [0, 0.1) is 0 Å². The molecule has 7 heteroatoms. The molecule has 128 valence electrons. The Morgan fingerprint density at radius 3 is 2.72 bits per heavy atom. The fourth-order valence-corrected chi connectivity index (χ4v) is 3.63. The van der Waals surface area contributed by atoms with E-state index in [4.69, 9.17) is 4.74 Å². The van der Waals surface area contributed by atoms with Gasteiger partial charge in [0.2, 0.25) is 5.91 Å². The highest BCUT2D eigenvalue weighted by atomic mass is 32.1. The second-order valence-corrected chi connectivity index (χ2v) is 6.89. The maximum Gasteiger partial charge on any atom is 0.325 e. The standard InChI is InChI=1S/C18H16N2O3S2/c21-16(8-15-12-25-18(20-15)14-6-7-24-11-14)19-9-17(22)23-10-13-4-2-1-3-5-13/h1-7,11-12H,8-10H2,(H,19,21).